The minimum absolute atomic E-state index is 0.269. The van der Waals surface area contributed by atoms with Crippen molar-refractivity contribution in [1.29, 1.82) is 0 Å². The summed E-state index contributed by atoms with van der Waals surface area (Å²) in [5.74, 6) is 6.98. The first-order chi connectivity index (χ1) is 9.66. The number of benzene rings is 2. The van der Waals surface area contributed by atoms with Crippen LogP contribution in [0.15, 0.2) is 48.5 Å². The van der Waals surface area contributed by atoms with Crippen LogP contribution in [-0.4, -0.2) is 18.1 Å². The van der Waals surface area contributed by atoms with Crippen LogP contribution in [0, 0.1) is 0 Å². The number of hydrazine groups is 1. The van der Waals surface area contributed by atoms with Gasteiger partial charge >= 0.3 is 6.03 Å². The molecule has 0 saturated heterocycles. The highest BCUT2D eigenvalue weighted by molar-refractivity contribution is 5.75. The third-order valence-electron chi connectivity index (χ3n) is 3.27. The topological polar surface area (TPSA) is 67.6 Å². The lowest BCUT2D eigenvalue weighted by Crippen LogP contribution is -2.43. The van der Waals surface area contributed by atoms with Gasteiger partial charge in [-0.3, -0.25) is 5.01 Å². The molecule has 1 aliphatic rings. The molecule has 20 heavy (non-hydrogen) atoms. The monoisotopic (exact) mass is 269 g/mol. The number of ether oxygens (including phenoxy) is 1. The van der Waals surface area contributed by atoms with E-state index in [1.165, 1.54) is 7.05 Å². The number of nitrogens with one attached hydrogen (secondary N) is 1. The van der Waals surface area contributed by atoms with Crippen molar-refractivity contribution in [2.75, 3.05) is 7.05 Å². The molecule has 0 spiro atoms. The Labute approximate surface area is 116 Å². The quantitative estimate of drug-likeness (QED) is 0.474. The molecule has 1 aliphatic heterocycles. The Kier molecular flexibility index (Phi) is 3.04. The number of carbonyl (C=O) groups is 1. The summed E-state index contributed by atoms with van der Waals surface area (Å²) in [6.45, 7) is 0. The van der Waals surface area contributed by atoms with E-state index in [0.29, 0.717) is 0 Å². The highest BCUT2D eigenvalue weighted by Gasteiger charge is 2.28. The Morgan fingerprint density at radius 2 is 1.60 bits per heavy atom. The lowest BCUT2D eigenvalue weighted by molar-refractivity contribution is 0.206. The number of amides is 2. The highest BCUT2D eigenvalue weighted by Crippen LogP contribution is 2.42. The smallest absolute Gasteiger partial charge is 0.332 e. The fourth-order valence-electron chi connectivity index (χ4n) is 2.29. The van der Waals surface area contributed by atoms with Gasteiger partial charge in [0, 0.05) is 18.2 Å². The summed E-state index contributed by atoms with van der Waals surface area (Å²) >= 11 is 0. The van der Waals surface area contributed by atoms with E-state index < -0.39 is 0 Å². The Balaban J connectivity index is 2.05. The minimum Gasteiger partial charge on any atom is -0.457 e. The van der Waals surface area contributed by atoms with Crippen LogP contribution in [0.1, 0.15) is 17.2 Å². The molecule has 0 radical (unpaired) electrons. The van der Waals surface area contributed by atoms with Crippen LogP contribution in [0.2, 0.25) is 0 Å². The fraction of sp³-hybridized carbons (Fsp3) is 0.133. The summed E-state index contributed by atoms with van der Waals surface area (Å²) in [5, 5.41) is 3.94. The van der Waals surface area contributed by atoms with Crippen molar-refractivity contribution < 1.29 is 9.53 Å². The number of hydrogen-bond acceptors (Lipinski definition) is 3. The number of para-hydroxylation sites is 2. The van der Waals surface area contributed by atoms with Gasteiger partial charge in [-0.15, -0.1) is 0 Å². The zero-order valence-corrected chi connectivity index (χ0v) is 11.0. The average molecular weight is 269 g/mol. The molecule has 2 aromatic rings. The predicted molar refractivity (Wildman–Crippen MR) is 75.3 cm³/mol. The molecule has 102 valence electrons. The van der Waals surface area contributed by atoms with E-state index in [1.54, 1.807) is 0 Å². The predicted octanol–water partition coefficient (Wildman–Crippen LogP) is 2.40. The third kappa shape index (κ3) is 2.08. The van der Waals surface area contributed by atoms with Gasteiger partial charge in [0.15, 0.2) is 0 Å². The number of carbonyl (C=O) groups excluding carboxylic acids is 1. The lowest BCUT2D eigenvalue weighted by atomic mass is 9.95. The number of rotatable bonds is 1. The van der Waals surface area contributed by atoms with Crippen molar-refractivity contribution in [2.24, 2.45) is 5.84 Å². The van der Waals surface area contributed by atoms with E-state index in [9.17, 15) is 4.79 Å². The van der Waals surface area contributed by atoms with Crippen molar-refractivity contribution in [3.05, 3.63) is 59.7 Å². The summed E-state index contributed by atoms with van der Waals surface area (Å²) in [6, 6.07) is 14.7. The van der Waals surface area contributed by atoms with Gasteiger partial charge in [0.1, 0.15) is 11.5 Å². The SMILES string of the molecule is CN(N)C(=O)NC1c2ccccc2Oc2ccccc21. The van der Waals surface area contributed by atoms with Gasteiger partial charge in [0.2, 0.25) is 0 Å². The molecular weight excluding hydrogens is 254 g/mol. The van der Waals surface area contributed by atoms with E-state index in [-0.39, 0.29) is 12.1 Å². The molecule has 2 amide bonds. The Hall–Kier alpha value is -2.53. The molecule has 0 saturated carbocycles. The van der Waals surface area contributed by atoms with Crippen LogP contribution in [-0.2, 0) is 0 Å². The van der Waals surface area contributed by atoms with E-state index in [4.69, 9.17) is 10.6 Å². The van der Waals surface area contributed by atoms with Gasteiger partial charge in [-0.05, 0) is 12.1 Å². The first kappa shape index (κ1) is 12.5. The van der Waals surface area contributed by atoms with Crippen LogP contribution in [0.3, 0.4) is 0 Å². The summed E-state index contributed by atoms with van der Waals surface area (Å²) in [6.07, 6.45) is 0. The molecule has 1 heterocycles. The Morgan fingerprint density at radius 1 is 1.10 bits per heavy atom. The van der Waals surface area contributed by atoms with Crippen molar-refractivity contribution in [2.45, 2.75) is 6.04 Å². The molecule has 0 bridgehead atoms. The molecule has 0 fully saturated rings. The first-order valence-electron chi connectivity index (χ1n) is 6.31. The fourth-order valence-corrected chi connectivity index (χ4v) is 2.29. The molecule has 3 rings (SSSR count). The second-order valence-corrected chi connectivity index (χ2v) is 4.67. The van der Waals surface area contributed by atoms with Crippen LogP contribution in [0.4, 0.5) is 4.79 Å². The molecule has 5 heteroatoms. The van der Waals surface area contributed by atoms with Gasteiger partial charge in [0.05, 0.1) is 6.04 Å². The van der Waals surface area contributed by atoms with Crippen molar-refractivity contribution in [3.8, 4) is 11.5 Å². The van der Waals surface area contributed by atoms with Gasteiger partial charge in [-0.25, -0.2) is 10.6 Å². The maximum Gasteiger partial charge on any atom is 0.332 e. The molecular formula is C15H15N3O2. The van der Waals surface area contributed by atoms with Crippen LogP contribution < -0.4 is 15.9 Å². The number of nitrogens with zero attached hydrogens (tertiary/aromatic N) is 1. The number of hydrogen-bond donors (Lipinski definition) is 2. The van der Waals surface area contributed by atoms with Gasteiger partial charge in [0.25, 0.3) is 0 Å². The Bertz CT molecular complexity index is 610. The normalized spacial score (nSPS) is 12.9. The second-order valence-electron chi connectivity index (χ2n) is 4.67. The second kappa shape index (κ2) is 4.86. The van der Waals surface area contributed by atoms with Crippen LogP contribution in [0.5, 0.6) is 11.5 Å². The van der Waals surface area contributed by atoms with E-state index in [0.717, 1.165) is 27.6 Å². The summed E-state index contributed by atoms with van der Waals surface area (Å²) in [7, 11) is 1.51. The standard InChI is InChI=1S/C15H15N3O2/c1-18(16)15(19)17-14-10-6-2-4-8-12(10)20-13-9-5-3-7-11(13)14/h2-9,14H,16H2,1H3,(H,17,19). The molecule has 3 N–H and O–H groups in total. The molecule has 2 aromatic carbocycles. The zero-order chi connectivity index (χ0) is 14.1. The highest BCUT2D eigenvalue weighted by atomic mass is 16.5. The number of urea groups is 1. The Morgan fingerprint density at radius 3 is 2.10 bits per heavy atom. The van der Waals surface area contributed by atoms with Crippen molar-refractivity contribution in [3.63, 3.8) is 0 Å². The maximum absolute atomic E-state index is 11.9. The molecule has 0 aliphatic carbocycles. The van der Waals surface area contributed by atoms with Gasteiger partial charge in [-0.1, -0.05) is 36.4 Å². The van der Waals surface area contributed by atoms with Gasteiger partial charge in [-0.2, -0.15) is 0 Å². The van der Waals surface area contributed by atoms with E-state index in [1.807, 2.05) is 48.5 Å². The largest absolute Gasteiger partial charge is 0.457 e. The third-order valence-corrected chi connectivity index (χ3v) is 3.27. The van der Waals surface area contributed by atoms with E-state index in [2.05, 4.69) is 5.32 Å². The minimum atomic E-state index is -0.346. The molecule has 5 nitrogen and oxygen atoms in total. The summed E-state index contributed by atoms with van der Waals surface area (Å²) in [5.41, 5.74) is 1.84. The average Bonchev–Trinajstić information content (AvgIpc) is 2.46. The maximum atomic E-state index is 11.9. The van der Waals surface area contributed by atoms with Crippen LogP contribution >= 0.6 is 0 Å². The summed E-state index contributed by atoms with van der Waals surface area (Å²) < 4.78 is 5.85. The zero-order valence-electron chi connectivity index (χ0n) is 11.0. The molecule has 0 aromatic heterocycles. The first-order valence-corrected chi connectivity index (χ1v) is 6.31. The van der Waals surface area contributed by atoms with Crippen LogP contribution in [0.25, 0.3) is 0 Å². The van der Waals surface area contributed by atoms with E-state index >= 15 is 0 Å². The molecule has 0 unspecified atom stereocenters. The summed E-state index contributed by atoms with van der Waals surface area (Å²) in [4.78, 5) is 11.9. The number of fused-ring (bicyclic) bond motifs is 2. The van der Waals surface area contributed by atoms with Crippen molar-refractivity contribution >= 4 is 6.03 Å². The van der Waals surface area contributed by atoms with Crippen molar-refractivity contribution in [1.82, 2.24) is 10.3 Å². The van der Waals surface area contributed by atoms with Gasteiger partial charge < -0.3 is 10.1 Å². The lowest BCUT2D eigenvalue weighted by Gasteiger charge is -2.29. The molecule has 0 atom stereocenters. The number of nitrogens with two attached hydrogens (primary N) is 1.